The van der Waals surface area contributed by atoms with Crippen molar-refractivity contribution < 1.29 is 4.79 Å². The number of nitrogen functional groups attached to an aromatic ring is 1. The fourth-order valence-electron chi connectivity index (χ4n) is 1.05. The quantitative estimate of drug-likeness (QED) is 0.852. The Morgan fingerprint density at radius 3 is 3.00 bits per heavy atom. The summed E-state index contributed by atoms with van der Waals surface area (Å²) in [5, 5.41) is 0.122. The maximum Gasteiger partial charge on any atom is 0.186 e. The van der Waals surface area contributed by atoms with Crippen LogP contribution in [0, 0.1) is 6.92 Å². The van der Waals surface area contributed by atoms with Crippen LogP contribution in [-0.4, -0.2) is 15.9 Å². The number of aryl methyl sites for hydroxylation is 1. The van der Waals surface area contributed by atoms with Crippen molar-refractivity contribution in [3.8, 4) is 0 Å². The molecule has 1 aromatic rings. The van der Waals surface area contributed by atoms with Crippen molar-refractivity contribution in [1.82, 2.24) is 4.98 Å². The molecule has 4 heteroatoms. The number of pyridine rings is 1. The number of rotatable bonds is 3. The third kappa shape index (κ3) is 4.16. The lowest BCUT2D eigenvalue weighted by Gasteiger charge is -2.00. The standard InChI is InChI=1S/C11H14N2OS/c1-8-5-6-11(12)13-10(8)4-3-7-15-9(2)14/h3-6H,7H2,1-2H3,(H2,12,13). The zero-order chi connectivity index (χ0) is 11.3. The summed E-state index contributed by atoms with van der Waals surface area (Å²) in [6, 6.07) is 3.71. The molecule has 3 nitrogen and oxygen atoms in total. The van der Waals surface area contributed by atoms with Crippen LogP contribution in [0.2, 0.25) is 0 Å². The van der Waals surface area contributed by atoms with Crippen molar-refractivity contribution in [2.45, 2.75) is 13.8 Å². The van der Waals surface area contributed by atoms with Crippen molar-refractivity contribution >= 4 is 28.8 Å². The number of hydrogen-bond acceptors (Lipinski definition) is 4. The monoisotopic (exact) mass is 222 g/mol. The summed E-state index contributed by atoms with van der Waals surface area (Å²) < 4.78 is 0. The molecule has 0 atom stereocenters. The Morgan fingerprint density at radius 1 is 1.60 bits per heavy atom. The molecule has 0 spiro atoms. The van der Waals surface area contributed by atoms with Gasteiger partial charge in [-0.15, -0.1) is 0 Å². The Balaban J connectivity index is 2.63. The molecule has 1 aromatic heterocycles. The highest BCUT2D eigenvalue weighted by molar-refractivity contribution is 8.13. The topological polar surface area (TPSA) is 56.0 Å². The fraction of sp³-hybridized carbons (Fsp3) is 0.273. The number of nitrogens with two attached hydrogens (primary N) is 1. The first kappa shape index (κ1) is 11.8. The third-order valence-corrected chi connectivity index (χ3v) is 2.58. The minimum atomic E-state index is 0.122. The number of hydrogen-bond donors (Lipinski definition) is 1. The third-order valence-electron chi connectivity index (χ3n) is 1.82. The zero-order valence-electron chi connectivity index (χ0n) is 8.86. The maximum absolute atomic E-state index is 10.7. The van der Waals surface area contributed by atoms with E-state index in [-0.39, 0.29) is 5.12 Å². The van der Waals surface area contributed by atoms with Crippen molar-refractivity contribution in [2.75, 3.05) is 11.5 Å². The van der Waals surface area contributed by atoms with Gasteiger partial charge in [0, 0.05) is 12.7 Å². The van der Waals surface area contributed by atoms with E-state index in [0.29, 0.717) is 11.6 Å². The van der Waals surface area contributed by atoms with Gasteiger partial charge in [0.1, 0.15) is 5.82 Å². The molecule has 0 aliphatic rings. The van der Waals surface area contributed by atoms with Gasteiger partial charge in [-0.05, 0) is 24.6 Å². The molecule has 0 fully saturated rings. The Labute approximate surface area is 93.8 Å². The van der Waals surface area contributed by atoms with Gasteiger partial charge in [0.25, 0.3) is 0 Å². The van der Waals surface area contributed by atoms with Gasteiger partial charge < -0.3 is 5.73 Å². The summed E-state index contributed by atoms with van der Waals surface area (Å²) >= 11 is 1.28. The van der Waals surface area contributed by atoms with E-state index < -0.39 is 0 Å². The molecule has 2 N–H and O–H groups in total. The van der Waals surface area contributed by atoms with E-state index in [0.717, 1.165) is 11.3 Å². The van der Waals surface area contributed by atoms with Crippen LogP contribution in [0.15, 0.2) is 18.2 Å². The molecule has 0 aromatic carbocycles. The smallest absolute Gasteiger partial charge is 0.186 e. The van der Waals surface area contributed by atoms with E-state index in [1.54, 1.807) is 13.0 Å². The second kappa shape index (κ2) is 5.56. The second-order valence-corrected chi connectivity index (χ2v) is 4.34. The first-order valence-corrected chi connectivity index (χ1v) is 5.61. The van der Waals surface area contributed by atoms with Crippen molar-refractivity contribution in [3.63, 3.8) is 0 Å². The Bertz CT molecular complexity index is 388. The Morgan fingerprint density at radius 2 is 2.33 bits per heavy atom. The molecule has 1 rings (SSSR count). The number of anilines is 1. The van der Waals surface area contributed by atoms with Gasteiger partial charge in [-0.2, -0.15) is 0 Å². The highest BCUT2D eigenvalue weighted by Crippen LogP contribution is 2.10. The summed E-state index contributed by atoms with van der Waals surface area (Å²) in [7, 11) is 0. The number of carbonyl (C=O) groups excluding carboxylic acids is 1. The van der Waals surface area contributed by atoms with E-state index in [4.69, 9.17) is 5.73 Å². The van der Waals surface area contributed by atoms with Crippen LogP contribution in [0.5, 0.6) is 0 Å². The minimum absolute atomic E-state index is 0.122. The molecule has 80 valence electrons. The predicted molar refractivity (Wildman–Crippen MR) is 65.6 cm³/mol. The predicted octanol–water partition coefficient (Wildman–Crippen LogP) is 2.27. The molecule has 0 amide bonds. The normalized spacial score (nSPS) is 10.8. The molecule has 0 saturated heterocycles. The van der Waals surface area contributed by atoms with E-state index >= 15 is 0 Å². The Hall–Kier alpha value is -1.29. The average molecular weight is 222 g/mol. The summed E-state index contributed by atoms with van der Waals surface area (Å²) in [5.74, 6) is 1.19. The van der Waals surface area contributed by atoms with E-state index in [1.165, 1.54) is 11.8 Å². The van der Waals surface area contributed by atoms with Crippen LogP contribution in [0.3, 0.4) is 0 Å². The highest BCUT2D eigenvalue weighted by atomic mass is 32.2. The summed E-state index contributed by atoms with van der Waals surface area (Å²) in [4.78, 5) is 14.9. The SMILES string of the molecule is CC(=O)SCC=Cc1nc(N)ccc1C. The molecule has 1 heterocycles. The van der Waals surface area contributed by atoms with Gasteiger partial charge in [0.05, 0.1) is 5.69 Å². The number of nitrogens with zero attached hydrogens (tertiary/aromatic N) is 1. The molecule has 0 aliphatic carbocycles. The van der Waals surface area contributed by atoms with Gasteiger partial charge in [-0.3, -0.25) is 4.79 Å². The second-order valence-electron chi connectivity index (χ2n) is 3.14. The summed E-state index contributed by atoms with van der Waals surface area (Å²) in [6.07, 6.45) is 3.81. The molecule has 0 saturated carbocycles. The van der Waals surface area contributed by atoms with Crippen molar-refractivity contribution in [2.24, 2.45) is 0 Å². The molecular weight excluding hydrogens is 208 g/mol. The van der Waals surface area contributed by atoms with E-state index in [9.17, 15) is 4.79 Å². The number of aromatic nitrogens is 1. The maximum atomic E-state index is 10.7. The fourth-order valence-corrected chi connectivity index (χ4v) is 1.48. The number of carbonyl (C=O) groups is 1. The van der Waals surface area contributed by atoms with Gasteiger partial charge in [0.2, 0.25) is 0 Å². The van der Waals surface area contributed by atoms with Crippen LogP contribution < -0.4 is 5.73 Å². The lowest BCUT2D eigenvalue weighted by atomic mass is 10.2. The van der Waals surface area contributed by atoms with Crippen molar-refractivity contribution in [1.29, 1.82) is 0 Å². The molecule has 15 heavy (non-hydrogen) atoms. The number of thioether (sulfide) groups is 1. The first-order valence-electron chi connectivity index (χ1n) is 4.62. The summed E-state index contributed by atoms with van der Waals surface area (Å²) in [5.41, 5.74) is 7.51. The Kier molecular flexibility index (Phi) is 4.37. The average Bonchev–Trinajstić information content (AvgIpc) is 2.17. The van der Waals surface area contributed by atoms with Crippen LogP contribution in [0.1, 0.15) is 18.2 Å². The van der Waals surface area contributed by atoms with Gasteiger partial charge in [-0.25, -0.2) is 4.98 Å². The van der Waals surface area contributed by atoms with Crippen LogP contribution >= 0.6 is 11.8 Å². The van der Waals surface area contributed by atoms with Crippen LogP contribution in [0.25, 0.3) is 6.08 Å². The molecule has 0 radical (unpaired) electrons. The first-order chi connectivity index (χ1) is 7.09. The lowest BCUT2D eigenvalue weighted by molar-refractivity contribution is -0.109. The molecule has 0 unspecified atom stereocenters. The lowest BCUT2D eigenvalue weighted by Crippen LogP contribution is -1.93. The van der Waals surface area contributed by atoms with Crippen LogP contribution in [0.4, 0.5) is 5.82 Å². The zero-order valence-corrected chi connectivity index (χ0v) is 9.67. The molecule has 0 aliphatic heterocycles. The minimum Gasteiger partial charge on any atom is -0.384 e. The van der Waals surface area contributed by atoms with Gasteiger partial charge >= 0.3 is 0 Å². The van der Waals surface area contributed by atoms with Crippen molar-refractivity contribution in [3.05, 3.63) is 29.5 Å². The molecule has 0 bridgehead atoms. The molecular formula is C11H14N2OS. The van der Waals surface area contributed by atoms with E-state index in [2.05, 4.69) is 4.98 Å². The summed E-state index contributed by atoms with van der Waals surface area (Å²) in [6.45, 7) is 3.53. The van der Waals surface area contributed by atoms with Crippen LogP contribution in [-0.2, 0) is 4.79 Å². The van der Waals surface area contributed by atoms with Gasteiger partial charge in [0.15, 0.2) is 5.12 Å². The van der Waals surface area contributed by atoms with E-state index in [1.807, 2.05) is 25.1 Å². The largest absolute Gasteiger partial charge is 0.384 e. The van der Waals surface area contributed by atoms with Gasteiger partial charge in [-0.1, -0.05) is 23.9 Å². The highest BCUT2D eigenvalue weighted by Gasteiger charge is 1.96.